The number of carbonyl (C=O) groups excluding carboxylic acids is 3. The molecule has 2 amide bonds. The molecule has 0 saturated heterocycles. The van der Waals surface area contributed by atoms with Crippen LogP contribution in [0.1, 0.15) is 41.0 Å². The molecule has 0 spiro atoms. The number of amides is 2. The van der Waals surface area contributed by atoms with Gasteiger partial charge in [0, 0.05) is 0 Å². The standard InChI is InChI=1S/C15H17NO4/c1-9(2)8-12(15(19)20-3)16-13(17)10-6-4-5-7-11(10)14(16)18/h4-7,9,12H,8H2,1-3H3/t12-/m0/s1. The van der Waals surface area contributed by atoms with E-state index in [2.05, 4.69) is 0 Å². The predicted molar refractivity (Wildman–Crippen MR) is 72.2 cm³/mol. The third-order valence-corrected chi connectivity index (χ3v) is 3.31. The van der Waals surface area contributed by atoms with Gasteiger partial charge in [0.05, 0.1) is 18.2 Å². The second-order valence-corrected chi connectivity index (χ2v) is 5.19. The predicted octanol–water partition coefficient (Wildman–Crippen LogP) is 1.87. The fourth-order valence-corrected chi connectivity index (χ4v) is 2.38. The van der Waals surface area contributed by atoms with Crippen LogP contribution in [-0.4, -0.2) is 35.8 Å². The summed E-state index contributed by atoms with van der Waals surface area (Å²) >= 11 is 0. The molecule has 0 aliphatic carbocycles. The number of hydrogen-bond acceptors (Lipinski definition) is 4. The maximum Gasteiger partial charge on any atom is 0.329 e. The van der Waals surface area contributed by atoms with E-state index in [0.717, 1.165) is 4.90 Å². The Morgan fingerprint density at radius 1 is 1.15 bits per heavy atom. The Morgan fingerprint density at radius 3 is 2.05 bits per heavy atom. The van der Waals surface area contributed by atoms with Crippen molar-refractivity contribution in [3.05, 3.63) is 35.4 Å². The van der Waals surface area contributed by atoms with Gasteiger partial charge in [-0.3, -0.25) is 14.5 Å². The minimum atomic E-state index is -0.868. The quantitative estimate of drug-likeness (QED) is 0.621. The topological polar surface area (TPSA) is 63.7 Å². The van der Waals surface area contributed by atoms with Gasteiger partial charge in [-0.05, 0) is 24.5 Å². The van der Waals surface area contributed by atoms with Gasteiger partial charge in [-0.1, -0.05) is 26.0 Å². The molecule has 20 heavy (non-hydrogen) atoms. The molecule has 1 aliphatic heterocycles. The van der Waals surface area contributed by atoms with Crippen LogP contribution in [0.25, 0.3) is 0 Å². The molecular weight excluding hydrogens is 258 g/mol. The van der Waals surface area contributed by atoms with Gasteiger partial charge in [-0.2, -0.15) is 0 Å². The number of benzene rings is 1. The molecule has 1 aromatic rings. The normalized spacial score (nSPS) is 15.5. The first kappa shape index (κ1) is 14.2. The molecule has 1 aromatic carbocycles. The summed E-state index contributed by atoms with van der Waals surface area (Å²) in [7, 11) is 1.26. The van der Waals surface area contributed by atoms with E-state index in [1.807, 2.05) is 13.8 Å². The van der Waals surface area contributed by atoms with Gasteiger partial charge in [-0.25, -0.2) is 4.79 Å². The number of methoxy groups -OCH3 is 1. The molecule has 0 N–H and O–H groups in total. The Kier molecular flexibility index (Phi) is 3.88. The van der Waals surface area contributed by atoms with Gasteiger partial charge in [0.25, 0.3) is 11.8 Å². The Labute approximate surface area is 117 Å². The van der Waals surface area contributed by atoms with Crippen LogP contribution in [0, 0.1) is 5.92 Å². The average Bonchev–Trinajstić information content (AvgIpc) is 2.68. The van der Waals surface area contributed by atoms with Crippen molar-refractivity contribution in [1.29, 1.82) is 0 Å². The van der Waals surface area contributed by atoms with Crippen molar-refractivity contribution in [3.8, 4) is 0 Å². The zero-order valence-corrected chi connectivity index (χ0v) is 11.8. The van der Waals surface area contributed by atoms with Crippen molar-refractivity contribution in [1.82, 2.24) is 4.90 Å². The summed E-state index contributed by atoms with van der Waals surface area (Å²) in [6.45, 7) is 3.85. The van der Waals surface area contributed by atoms with Gasteiger partial charge >= 0.3 is 5.97 Å². The number of fused-ring (bicyclic) bond motifs is 1. The number of imide groups is 1. The third kappa shape index (κ3) is 2.31. The Balaban J connectivity index is 2.39. The lowest BCUT2D eigenvalue weighted by molar-refractivity contribution is -0.145. The number of ether oxygens (including phenoxy) is 1. The van der Waals surface area contributed by atoms with Crippen molar-refractivity contribution < 1.29 is 19.1 Å². The van der Waals surface area contributed by atoms with Crippen molar-refractivity contribution in [2.24, 2.45) is 5.92 Å². The van der Waals surface area contributed by atoms with E-state index in [4.69, 9.17) is 4.74 Å². The molecule has 0 saturated carbocycles. The molecule has 1 atom stereocenters. The van der Waals surface area contributed by atoms with Crippen molar-refractivity contribution in [2.75, 3.05) is 7.11 Å². The largest absolute Gasteiger partial charge is 0.467 e. The van der Waals surface area contributed by atoms with Gasteiger partial charge in [0.2, 0.25) is 0 Å². The van der Waals surface area contributed by atoms with Crippen LogP contribution >= 0.6 is 0 Å². The zero-order valence-electron chi connectivity index (χ0n) is 11.8. The van der Waals surface area contributed by atoms with Gasteiger partial charge in [0.15, 0.2) is 0 Å². The molecule has 0 radical (unpaired) electrons. The summed E-state index contributed by atoms with van der Waals surface area (Å²) in [5.41, 5.74) is 0.685. The molecule has 106 valence electrons. The van der Waals surface area contributed by atoms with Crippen LogP contribution in [0.5, 0.6) is 0 Å². The van der Waals surface area contributed by atoms with Crippen LogP contribution in [0.2, 0.25) is 0 Å². The van der Waals surface area contributed by atoms with Gasteiger partial charge in [-0.15, -0.1) is 0 Å². The van der Waals surface area contributed by atoms with E-state index >= 15 is 0 Å². The highest BCUT2D eigenvalue weighted by Crippen LogP contribution is 2.27. The minimum absolute atomic E-state index is 0.156. The SMILES string of the molecule is COC(=O)[C@H](CC(C)C)N1C(=O)c2ccccc2C1=O. The lowest BCUT2D eigenvalue weighted by Gasteiger charge is -2.25. The summed E-state index contributed by atoms with van der Waals surface area (Å²) in [6.07, 6.45) is 0.387. The highest BCUT2D eigenvalue weighted by Gasteiger charge is 2.43. The molecule has 0 unspecified atom stereocenters. The minimum Gasteiger partial charge on any atom is -0.467 e. The summed E-state index contributed by atoms with van der Waals surface area (Å²) < 4.78 is 4.74. The first-order valence-corrected chi connectivity index (χ1v) is 6.52. The second-order valence-electron chi connectivity index (χ2n) is 5.19. The lowest BCUT2D eigenvalue weighted by atomic mass is 10.0. The van der Waals surface area contributed by atoms with Crippen LogP contribution in [-0.2, 0) is 9.53 Å². The third-order valence-electron chi connectivity index (χ3n) is 3.31. The highest BCUT2D eigenvalue weighted by molar-refractivity contribution is 6.22. The van der Waals surface area contributed by atoms with E-state index in [1.165, 1.54) is 7.11 Å². The first-order valence-electron chi connectivity index (χ1n) is 6.52. The Bertz CT molecular complexity index is 530. The molecule has 0 aromatic heterocycles. The maximum absolute atomic E-state index is 12.3. The van der Waals surface area contributed by atoms with Crippen molar-refractivity contribution in [2.45, 2.75) is 26.3 Å². The van der Waals surface area contributed by atoms with E-state index in [0.29, 0.717) is 17.5 Å². The van der Waals surface area contributed by atoms with E-state index in [1.54, 1.807) is 24.3 Å². The molecule has 5 heteroatoms. The van der Waals surface area contributed by atoms with E-state index in [9.17, 15) is 14.4 Å². The molecule has 0 bridgehead atoms. The lowest BCUT2D eigenvalue weighted by Crippen LogP contribution is -2.46. The van der Waals surface area contributed by atoms with Crippen LogP contribution in [0.3, 0.4) is 0 Å². The Hall–Kier alpha value is -2.17. The van der Waals surface area contributed by atoms with Crippen LogP contribution in [0.15, 0.2) is 24.3 Å². The zero-order chi connectivity index (χ0) is 14.9. The molecule has 5 nitrogen and oxygen atoms in total. The highest BCUT2D eigenvalue weighted by atomic mass is 16.5. The first-order chi connectivity index (χ1) is 9.47. The number of rotatable bonds is 4. The average molecular weight is 275 g/mol. The van der Waals surface area contributed by atoms with Gasteiger partial charge < -0.3 is 4.74 Å². The maximum atomic E-state index is 12.3. The monoisotopic (exact) mass is 275 g/mol. The fourth-order valence-electron chi connectivity index (χ4n) is 2.38. The Morgan fingerprint density at radius 2 is 1.65 bits per heavy atom. The van der Waals surface area contributed by atoms with E-state index in [-0.39, 0.29) is 5.92 Å². The van der Waals surface area contributed by atoms with Crippen LogP contribution < -0.4 is 0 Å². The number of hydrogen-bond donors (Lipinski definition) is 0. The van der Waals surface area contributed by atoms with Gasteiger partial charge in [0.1, 0.15) is 6.04 Å². The summed E-state index contributed by atoms with van der Waals surface area (Å²) in [6, 6.07) is 5.72. The summed E-state index contributed by atoms with van der Waals surface area (Å²) in [4.78, 5) is 37.6. The molecule has 1 heterocycles. The van der Waals surface area contributed by atoms with Crippen LogP contribution in [0.4, 0.5) is 0 Å². The molecule has 0 fully saturated rings. The number of carbonyl (C=O) groups is 3. The fraction of sp³-hybridized carbons (Fsp3) is 0.400. The summed E-state index contributed by atoms with van der Waals surface area (Å²) in [5, 5.41) is 0. The summed E-state index contributed by atoms with van der Waals surface area (Å²) in [5.74, 6) is -1.26. The van der Waals surface area contributed by atoms with Crippen molar-refractivity contribution >= 4 is 17.8 Å². The molecular formula is C15H17NO4. The second kappa shape index (κ2) is 5.45. The van der Waals surface area contributed by atoms with Crippen molar-refractivity contribution in [3.63, 3.8) is 0 Å². The molecule has 1 aliphatic rings. The smallest absolute Gasteiger partial charge is 0.329 e. The van der Waals surface area contributed by atoms with E-state index < -0.39 is 23.8 Å². The number of nitrogens with zero attached hydrogens (tertiary/aromatic N) is 1. The number of esters is 1. The molecule has 2 rings (SSSR count).